The van der Waals surface area contributed by atoms with Gasteiger partial charge in [0, 0.05) is 30.1 Å². The fraction of sp³-hybridized carbons (Fsp3) is 0.412. The van der Waals surface area contributed by atoms with E-state index in [0.29, 0.717) is 12.1 Å². The normalized spacial score (nSPS) is 10.7. The van der Waals surface area contributed by atoms with E-state index in [1.807, 2.05) is 13.0 Å². The molecule has 2 aromatic rings. The Hall–Kier alpha value is -2.34. The zero-order chi connectivity index (χ0) is 16.8. The van der Waals surface area contributed by atoms with Crippen LogP contribution in [0.1, 0.15) is 18.9 Å². The highest BCUT2D eigenvalue weighted by Gasteiger charge is 2.15. The number of nitrogens with zero attached hydrogens (tertiary/aromatic N) is 1. The van der Waals surface area contributed by atoms with Crippen LogP contribution in [0.25, 0.3) is 10.9 Å². The van der Waals surface area contributed by atoms with Crippen LogP contribution < -0.4 is 10.3 Å². The van der Waals surface area contributed by atoms with Crippen LogP contribution in [0.3, 0.4) is 0 Å². The van der Waals surface area contributed by atoms with Gasteiger partial charge in [0.15, 0.2) is 0 Å². The molecule has 0 unspecified atom stereocenters. The van der Waals surface area contributed by atoms with Crippen LogP contribution in [-0.2, 0) is 16.1 Å². The summed E-state index contributed by atoms with van der Waals surface area (Å²) in [6, 6.07) is 7.26. The predicted octanol–water partition coefficient (Wildman–Crippen LogP) is 1.92. The molecule has 0 radical (unpaired) electrons. The molecule has 1 N–H and O–H groups in total. The third kappa shape index (κ3) is 4.10. The summed E-state index contributed by atoms with van der Waals surface area (Å²) in [6.45, 7) is 2.85. The van der Waals surface area contributed by atoms with E-state index in [1.165, 1.54) is 7.11 Å². The second-order valence-corrected chi connectivity index (χ2v) is 5.33. The molecule has 23 heavy (non-hydrogen) atoms. The SMILES string of the molecule is CCCN(Cc1cc2cc(OC)ccc2[nH]c1=O)C(=O)COC. The molecule has 1 amide bonds. The van der Waals surface area contributed by atoms with Gasteiger partial charge in [-0.2, -0.15) is 0 Å². The number of hydrogen-bond acceptors (Lipinski definition) is 4. The number of carbonyl (C=O) groups is 1. The molecule has 124 valence electrons. The lowest BCUT2D eigenvalue weighted by Crippen LogP contribution is -2.35. The minimum absolute atomic E-state index is 0.0132. The van der Waals surface area contributed by atoms with Crippen molar-refractivity contribution in [3.8, 4) is 5.75 Å². The average molecular weight is 318 g/mol. The number of fused-ring (bicyclic) bond motifs is 1. The number of rotatable bonds is 7. The summed E-state index contributed by atoms with van der Waals surface area (Å²) >= 11 is 0. The Bertz CT molecular complexity index is 739. The molecule has 6 nitrogen and oxygen atoms in total. The van der Waals surface area contributed by atoms with E-state index >= 15 is 0 Å². The first-order valence-electron chi connectivity index (χ1n) is 7.55. The van der Waals surface area contributed by atoms with Gasteiger partial charge in [-0.15, -0.1) is 0 Å². The largest absolute Gasteiger partial charge is 0.497 e. The van der Waals surface area contributed by atoms with Crippen molar-refractivity contribution in [2.24, 2.45) is 0 Å². The van der Waals surface area contributed by atoms with Crippen molar-refractivity contribution in [2.45, 2.75) is 19.9 Å². The van der Waals surface area contributed by atoms with Crippen molar-refractivity contribution in [2.75, 3.05) is 27.4 Å². The van der Waals surface area contributed by atoms with Crippen LogP contribution in [0.2, 0.25) is 0 Å². The highest BCUT2D eigenvalue weighted by atomic mass is 16.5. The van der Waals surface area contributed by atoms with Crippen molar-refractivity contribution in [3.63, 3.8) is 0 Å². The Labute approximate surface area is 135 Å². The highest BCUT2D eigenvalue weighted by molar-refractivity contribution is 5.81. The maximum absolute atomic E-state index is 12.3. The Morgan fingerprint density at radius 1 is 1.26 bits per heavy atom. The zero-order valence-electron chi connectivity index (χ0n) is 13.7. The maximum Gasteiger partial charge on any atom is 0.253 e. The van der Waals surface area contributed by atoms with E-state index in [4.69, 9.17) is 9.47 Å². The number of carbonyl (C=O) groups excluding carboxylic acids is 1. The van der Waals surface area contributed by atoms with Gasteiger partial charge in [0.1, 0.15) is 12.4 Å². The molecule has 6 heteroatoms. The molecule has 0 aliphatic rings. The number of aromatic amines is 1. The van der Waals surface area contributed by atoms with E-state index < -0.39 is 0 Å². The van der Waals surface area contributed by atoms with E-state index in [1.54, 1.807) is 30.2 Å². The third-order valence-corrected chi connectivity index (χ3v) is 3.60. The van der Waals surface area contributed by atoms with Gasteiger partial charge in [0.2, 0.25) is 5.91 Å². The van der Waals surface area contributed by atoms with Gasteiger partial charge in [-0.25, -0.2) is 0 Å². The number of pyridine rings is 1. The number of amides is 1. The van der Waals surface area contributed by atoms with Crippen LogP contribution in [0, 0.1) is 0 Å². The van der Waals surface area contributed by atoms with Crippen molar-refractivity contribution in [3.05, 3.63) is 40.2 Å². The minimum atomic E-state index is -0.186. The van der Waals surface area contributed by atoms with Gasteiger partial charge in [-0.3, -0.25) is 9.59 Å². The first-order valence-corrected chi connectivity index (χ1v) is 7.55. The summed E-state index contributed by atoms with van der Waals surface area (Å²) in [5.41, 5.74) is 1.10. The number of nitrogens with one attached hydrogen (secondary N) is 1. The van der Waals surface area contributed by atoms with Crippen molar-refractivity contribution in [1.82, 2.24) is 9.88 Å². The van der Waals surface area contributed by atoms with Gasteiger partial charge in [-0.05, 0) is 30.7 Å². The predicted molar refractivity (Wildman–Crippen MR) is 88.7 cm³/mol. The van der Waals surface area contributed by atoms with Crippen molar-refractivity contribution >= 4 is 16.8 Å². The second kappa shape index (κ2) is 7.78. The van der Waals surface area contributed by atoms with E-state index in [9.17, 15) is 9.59 Å². The molecular weight excluding hydrogens is 296 g/mol. The first-order chi connectivity index (χ1) is 11.1. The highest BCUT2D eigenvalue weighted by Crippen LogP contribution is 2.19. The minimum Gasteiger partial charge on any atom is -0.497 e. The van der Waals surface area contributed by atoms with Crippen LogP contribution in [0.4, 0.5) is 0 Å². The summed E-state index contributed by atoms with van der Waals surface area (Å²) in [7, 11) is 3.08. The smallest absolute Gasteiger partial charge is 0.253 e. The van der Waals surface area contributed by atoms with Gasteiger partial charge >= 0.3 is 0 Å². The van der Waals surface area contributed by atoms with Gasteiger partial charge in [0.25, 0.3) is 5.56 Å². The topological polar surface area (TPSA) is 71.6 Å². The summed E-state index contributed by atoms with van der Waals surface area (Å²) < 4.78 is 10.1. The maximum atomic E-state index is 12.3. The van der Waals surface area contributed by atoms with Crippen molar-refractivity contribution in [1.29, 1.82) is 0 Å². The van der Waals surface area contributed by atoms with E-state index in [2.05, 4.69) is 4.98 Å². The Kier molecular flexibility index (Phi) is 5.76. The summed E-state index contributed by atoms with van der Waals surface area (Å²) in [5, 5.41) is 0.870. The van der Waals surface area contributed by atoms with Crippen LogP contribution in [0.15, 0.2) is 29.1 Å². The van der Waals surface area contributed by atoms with E-state index in [0.717, 1.165) is 23.1 Å². The second-order valence-electron chi connectivity index (χ2n) is 5.33. The zero-order valence-corrected chi connectivity index (χ0v) is 13.7. The molecule has 0 fully saturated rings. The molecule has 1 aromatic heterocycles. The first kappa shape index (κ1) is 17.0. The Morgan fingerprint density at radius 3 is 2.70 bits per heavy atom. The fourth-order valence-electron chi connectivity index (χ4n) is 2.46. The Balaban J connectivity index is 2.34. The number of benzene rings is 1. The molecule has 0 saturated carbocycles. The molecule has 1 heterocycles. The van der Waals surface area contributed by atoms with Gasteiger partial charge < -0.3 is 19.4 Å². The number of hydrogen-bond donors (Lipinski definition) is 1. The monoisotopic (exact) mass is 318 g/mol. The molecular formula is C17H22N2O4. The summed E-state index contributed by atoms with van der Waals surface area (Å²) in [4.78, 5) is 28.8. The molecule has 0 aliphatic carbocycles. The lowest BCUT2D eigenvalue weighted by Gasteiger charge is -2.21. The molecule has 0 aliphatic heterocycles. The fourth-order valence-corrected chi connectivity index (χ4v) is 2.46. The van der Waals surface area contributed by atoms with Crippen LogP contribution in [-0.4, -0.2) is 43.2 Å². The van der Waals surface area contributed by atoms with Crippen molar-refractivity contribution < 1.29 is 14.3 Å². The number of H-pyrrole nitrogens is 1. The summed E-state index contributed by atoms with van der Waals surface area (Å²) in [6.07, 6.45) is 0.814. The summed E-state index contributed by atoms with van der Waals surface area (Å²) in [5.74, 6) is 0.593. The lowest BCUT2D eigenvalue weighted by molar-refractivity contribution is -0.135. The molecule has 0 saturated heterocycles. The standard InChI is InChI=1S/C17H22N2O4/c1-4-7-19(16(20)11-22-2)10-13-8-12-9-14(23-3)5-6-15(12)18-17(13)21/h5-6,8-9H,4,7,10-11H2,1-3H3,(H,18,21). The molecule has 2 rings (SSSR count). The van der Waals surface area contributed by atoms with Gasteiger partial charge in [0.05, 0.1) is 13.7 Å². The third-order valence-electron chi connectivity index (χ3n) is 3.60. The molecule has 0 bridgehead atoms. The number of ether oxygens (including phenoxy) is 2. The number of aromatic nitrogens is 1. The molecule has 1 aromatic carbocycles. The molecule has 0 spiro atoms. The quantitative estimate of drug-likeness (QED) is 0.846. The van der Waals surface area contributed by atoms with Crippen LogP contribution >= 0.6 is 0 Å². The molecule has 0 atom stereocenters. The van der Waals surface area contributed by atoms with Crippen LogP contribution in [0.5, 0.6) is 5.75 Å². The Morgan fingerprint density at radius 2 is 2.04 bits per heavy atom. The number of methoxy groups -OCH3 is 2. The van der Waals surface area contributed by atoms with Gasteiger partial charge in [-0.1, -0.05) is 6.92 Å². The average Bonchev–Trinajstić information content (AvgIpc) is 2.54. The van der Waals surface area contributed by atoms with E-state index in [-0.39, 0.29) is 24.6 Å². The lowest BCUT2D eigenvalue weighted by atomic mass is 10.1.